The molecule has 0 saturated heterocycles. The summed E-state index contributed by atoms with van der Waals surface area (Å²) in [5, 5.41) is 11.4. The zero-order valence-corrected chi connectivity index (χ0v) is 13.3. The van der Waals surface area contributed by atoms with Crippen molar-refractivity contribution in [2.45, 2.75) is 51.2 Å². The van der Waals surface area contributed by atoms with E-state index in [1.165, 1.54) is 0 Å². The maximum atomic E-state index is 12.3. The van der Waals surface area contributed by atoms with Crippen LogP contribution >= 0.6 is 0 Å². The normalized spacial score (nSPS) is 16.0. The average Bonchev–Trinajstić information content (AvgIpc) is 3.04. The van der Waals surface area contributed by atoms with Crippen molar-refractivity contribution in [2.75, 3.05) is 11.9 Å². The first kappa shape index (κ1) is 17.3. The van der Waals surface area contributed by atoms with Crippen LogP contribution in [0.5, 0.6) is 5.75 Å². The Labute approximate surface area is 135 Å². The zero-order valence-electron chi connectivity index (χ0n) is 13.3. The van der Waals surface area contributed by atoms with E-state index in [1.54, 1.807) is 24.3 Å². The van der Waals surface area contributed by atoms with Gasteiger partial charge in [-0.1, -0.05) is 25.8 Å². The van der Waals surface area contributed by atoms with Gasteiger partial charge in [0.15, 0.2) is 6.61 Å². The third-order valence-electron chi connectivity index (χ3n) is 3.79. The summed E-state index contributed by atoms with van der Waals surface area (Å²) in [5.41, 5.74) is 0.561. The molecule has 0 heterocycles. The molecular weight excluding hydrogens is 298 g/mol. The van der Waals surface area contributed by atoms with Crippen molar-refractivity contribution in [1.82, 2.24) is 0 Å². The van der Waals surface area contributed by atoms with Gasteiger partial charge in [-0.15, -0.1) is 0 Å². The van der Waals surface area contributed by atoms with Gasteiger partial charge in [0.2, 0.25) is 0 Å². The van der Waals surface area contributed by atoms with E-state index in [2.05, 4.69) is 5.32 Å². The molecule has 1 saturated carbocycles. The lowest BCUT2D eigenvalue weighted by atomic mass is 10.2. The number of nitrogens with one attached hydrogen (secondary N) is 1. The smallest absolute Gasteiger partial charge is 0.341 e. The molecule has 1 aromatic carbocycles. The van der Waals surface area contributed by atoms with Gasteiger partial charge in [-0.3, -0.25) is 4.79 Å². The highest BCUT2D eigenvalue weighted by molar-refractivity contribution is 5.94. The first-order chi connectivity index (χ1) is 11.1. The van der Waals surface area contributed by atoms with E-state index < -0.39 is 18.7 Å². The second-order valence-electron chi connectivity index (χ2n) is 5.64. The van der Waals surface area contributed by atoms with Crippen molar-refractivity contribution in [3.05, 3.63) is 24.3 Å². The monoisotopic (exact) mass is 321 g/mol. The number of ether oxygens (including phenoxy) is 2. The standard InChI is InChI=1S/C17H23NO5/c1-2-15(23-13-7-3-4-8-13)17(21)18-12-6-5-9-14(10-12)22-11-16(19)20/h5-6,9-10,13,15H,2-4,7-8,11H2,1H3,(H,18,21)(H,19,20). The Bertz CT molecular complexity index is 540. The van der Waals surface area contributed by atoms with Crippen molar-refractivity contribution >= 4 is 17.6 Å². The number of hydrogen-bond donors (Lipinski definition) is 2. The number of carbonyl (C=O) groups excluding carboxylic acids is 1. The summed E-state index contributed by atoms with van der Waals surface area (Å²) in [6.45, 7) is 1.51. The van der Waals surface area contributed by atoms with Crippen LogP contribution in [0.4, 0.5) is 5.69 Å². The second-order valence-corrected chi connectivity index (χ2v) is 5.64. The predicted octanol–water partition coefficient (Wildman–Crippen LogP) is 2.83. The van der Waals surface area contributed by atoms with Gasteiger partial charge >= 0.3 is 5.97 Å². The predicted molar refractivity (Wildman–Crippen MR) is 85.6 cm³/mol. The zero-order chi connectivity index (χ0) is 16.7. The number of aliphatic carboxylic acids is 1. The van der Waals surface area contributed by atoms with E-state index in [0.29, 0.717) is 17.9 Å². The molecule has 1 amide bonds. The molecule has 1 fully saturated rings. The van der Waals surface area contributed by atoms with Gasteiger partial charge in [0, 0.05) is 11.8 Å². The number of carboxylic acids is 1. The lowest BCUT2D eigenvalue weighted by Crippen LogP contribution is -2.32. The number of anilines is 1. The van der Waals surface area contributed by atoms with E-state index in [4.69, 9.17) is 14.6 Å². The number of carbonyl (C=O) groups is 2. The van der Waals surface area contributed by atoms with Crippen LogP contribution in [0.25, 0.3) is 0 Å². The van der Waals surface area contributed by atoms with Crippen molar-refractivity contribution in [1.29, 1.82) is 0 Å². The van der Waals surface area contributed by atoms with Gasteiger partial charge in [-0.2, -0.15) is 0 Å². The van der Waals surface area contributed by atoms with Crippen LogP contribution in [0.2, 0.25) is 0 Å². The Morgan fingerprint density at radius 2 is 2.09 bits per heavy atom. The van der Waals surface area contributed by atoms with E-state index >= 15 is 0 Å². The molecule has 0 spiro atoms. The third kappa shape index (κ3) is 5.56. The van der Waals surface area contributed by atoms with Crippen LogP contribution < -0.4 is 10.1 Å². The van der Waals surface area contributed by atoms with Crippen molar-refractivity contribution in [2.24, 2.45) is 0 Å². The maximum Gasteiger partial charge on any atom is 0.341 e. The third-order valence-corrected chi connectivity index (χ3v) is 3.79. The highest BCUT2D eigenvalue weighted by Gasteiger charge is 2.24. The molecule has 1 unspecified atom stereocenters. The molecule has 0 aromatic heterocycles. The molecule has 1 atom stereocenters. The summed E-state index contributed by atoms with van der Waals surface area (Å²) >= 11 is 0. The minimum Gasteiger partial charge on any atom is -0.482 e. The minimum absolute atomic E-state index is 0.177. The molecule has 2 rings (SSSR count). The van der Waals surface area contributed by atoms with Gasteiger partial charge in [0.25, 0.3) is 5.91 Å². The van der Waals surface area contributed by atoms with Gasteiger partial charge in [0.05, 0.1) is 6.10 Å². The molecule has 1 aliphatic rings. The second kappa shape index (κ2) is 8.53. The summed E-state index contributed by atoms with van der Waals surface area (Å²) in [5.74, 6) is -0.833. The largest absolute Gasteiger partial charge is 0.482 e. The van der Waals surface area contributed by atoms with E-state index in [-0.39, 0.29) is 12.0 Å². The Kier molecular flexibility index (Phi) is 6.40. The first-order valence-electron chi connectivity index (χ1n) is 7.99. The minimum atomic E-state index is -1.05. The van der Waals surface area contributed by atoms with Crippen LogP contribution in [0.3, 0.4) is 0 Å². The topological polar surface area (TPSA) is 84.9 Å². The molecule has 1 aromatic rings. The highest BCUT2D eigenvalue weighted by Crippen LogP contribution is 2.24. The van der Waals surface area contributed by atoms with Crippen molar-refractivity contribution in [3.63, 3.8) is 0 Å². The summed E-state index contributed by atoms with van der Waals surface area (Å²) in [6, 6.07) is 6.67. The molecule has 2 N–H and O–H groups in total. The highest BCUT2D eigenvalue weighted by atomic mass is 16.5. The Morgan fingerprint density at radius 3 is 2.74 bits per heavy atom. The number of amides is 1. The fourth-order valence-electron chi connectivity index (χ4n) is 2.63. The molecule has 0 radical (unpaired) electrons. The van der Waals surface area contributed by atoms with Crippen molar-refractivity contribution < 1.29 is 24.2 Å². The maximum absolute atomic E-state index is 12.3. The van der Waals surface area contributed by atoms with Crippen LogP contribution in [-0.4, -0.2) is 35.8 Å². The molecule has 1 aliphatic carbocycles. The number of benzene rings is 1. The summed E-state index contributed by atoms with van der Waals surface area (Å²) in [6.07, 6.45) is 4.66. The SMILES string of the molecule is CCC(OC1CCCC1)C(=O)Nc1cccc(OCC(=O)O)c1. The fraction of sp³-hybridized carbons (Fsp3) is 0.529. The number of hydrogen-bond acceptors (Lipinski definition) is 4. The molecule has 126 valence electrons. The summed E-state index contributed by atoms with van der Waals surface area (Å²) in [7, 11) is 0. The van der Waals surface area contributed by atoms with Crippen LogP contribution in [0.1, 0.15) is 39.0 Å². The average molecular weight is 321 g/mol. The van der Waals surface area contributed by atoms with Crippen LogP contribution in [-0.2, 0) is 14.3 Å². The van der Waals surface area contributed by atoms with Crippen LogP contribution in [0, 0.1) is 0 Å². The number of rotatable bonds is 8. The summed E-state index contributed by atoms with van der Waals surface area (Å²) in [4.78, 5) is 22.9. The Morgan fingerprint density at radius 1 is 1.35 bits per heavy atom. The molecule has 6 nitrogen and oxygen atoms in total. The quantitative estimate of drug-likeness (QED) is 0.769. The molecular formula is C17H23NO5. The lowest BCUT2D eigenvalue weighted by Gasteiger charge is -2.20. The fourth-order valence-corrected chi connectivity index (χ4v) is 2.63. The molecule has 0 bridgehead atoms. The number of carboxylic acid groups (broad SMARTS) is 1. The molecule has 6 heteroatoms. The molecule has 0 aliphatic heterocycles. The summed E-state index contributed by atoms with van der Waals surface area (Å²) < 4.78 is 11.0. The van der Waals surface area contributed by atoms with E-state index in [1.807, 2.05) is 6.92 Å². The Balaban J connectivity index is 1.92. The lowest BCUT2D eigenvalue weighted by molar-refractivity contribution is -0.139. The first-order valence-corrected chi connectivity index (χ1v) is 7.99. The Hall–Kier alpha value is -2.08. The van der Waals surface area contributed by atoms with E-state index in [0.717, 1.165) is 25.7 Å². The van der Waals surface area contributed by atoms with Crippen molar-refractivity contribution in [3.8, 4) is 5.75 Å². The molecule has 23 heavy (non-hydrogen) atoms. The van der Waals surface area contributed by atoms with Gasteiger partial charge in [-0.05, 0) is 31.4 Å². The van der Waals surface area contributed by atoms with E-state index in [9.17, 15) is 9.59 Å². The van der Waals surface area contributed by atoms with Gasteiger partial charge in [-0.25, -0.2) is 4.79 Å². The van der Waals surface area contributed by atoms with Crippen LogP contribution in [0.15, 0.2) is 24.3 Å². The van der Waals surface area contributed by atoms with Gasteiger partial charge in [0.1, 0.15) is 11.9 Å². The van der Waals surface area contributed by atoms with Gasteiger partial charge < -0.3 is 19.9 Å².